The van der Waals surface area contributed by atoms with Gasteiger partial charge in [-0.2, -0.15) is 5.10 Å². The van der Waals surface area contributed by atoms with Crippen LogP contribution in [0.2, 0.25) is 5.02 Å². The average molecular weight is 305 g/mol. The van der Waals surface area contributed by atoms with Gasteiger partial charge in [-0.1, -0.05) is 11.6 Å². The van der Waals surface area contributed by atoms with Crippen molar-refractivity contribution in [2.24, 2.45) is 0 Å². The molecule has 0 saturated heterocycles. The largest absolute Gasteiger partial charge is 0.359 e. The van der Waals surface area contributed by atoms with Crippen LogP contribution >= 0.6 is 11.6 Å². The SMILES string of the molecule is O=[N+]([O-])c1cc(Cl)cnc1NCc1ccnc2ccnn12. The van der Waals surface area contributed by atoms with Crippen molar-refractivity contribution in [1.29, 1.82) is 0 Å². The van der Waals surface area contributed by atoms with E-state index in [4.69, 9.17) is 11.6 Å². The summed E-state index contributed by atoms with van der Waals surface area (Å²) in [5.74, 6) is 0.154. The van der Waals surface area contributed by atoms with Gasteiger partial charge in [0, 0.05) is 24.5 Å². The topological polar surface area (TPSA) is 98.2 Å². The summed E-state index contributed by atoms with van der Waals surface area (Å²) in [5.41, 5.74) is 1.33. The van der Waals surface area contributed by atoms with E-state index in [2.05, 4.69) is 20.4 Å². The second-order valence-corrected chi connectivity index (χ2v) is 4.61. The molecule has 9 heteroatoms. The highest BCUT2D eigenvalue weighted by Gasteiger charge is 2.16. The van der Waals surface area contributed by atoms with Gasteiger partial charge in [0.2, 0.25) is 5.82 Å². The van der Waals surface area contributed by atoms with Gasteiger partial charge in [-0.3, -0.25) is 10.1 Å². The predicted molar refractivity (Wildman–Crippen MR) is 76.2 cm³/mol. The number of halogens is 1. The summed E-state index contributed by atoms with van der Waals surface area (Å²) in [6.07, 6.45) is 4.64. The second-order valence-electron chi connectivity index (χ2n) is 4.17. The average Bonchev–Trinajstić information content (AvgIpc) is 2.94. The third-order valence-corrected chi connectivity index (χ3v) is 3.04. The van der Waals surface area contributed by atoms with Gasteiger partial charge in [-0.05, 0) is 6.07 Å². The smallest absolute Gasteiger partial charge is 0.312 e. The molecule has 3 aromatic rings. The van der Waals surface area contributed by atoms with Crippen molar-refractivity contribution in [2.45, 2.75) is 6.54 Å². The maximum Gasteiger partial charge on any atom is 0.312 e. The summed E-state index contributed by atoms with van der Waals surface area (Å²) in [6.45, 7) is 0.316. The molecular weight excluding hydrogens is 296 g/mol. The number of pyridine rings is 1. The Morgan fingerprint density at radius 1 is 1.33 bits per heavy atom. The summed E-state index contributed by atoms with van der Waals surface area (Å²) in [4.78, 5) is 18.6. The fourth-order valence-electron chi connectivity index (χ4n) is 1.90. The van der Waals surface area contributed by atoms with Crippen molar-refractivity contribution in [3.63, 3.8) is 0 Å². The number of nitro groups is 1. The van der Waals surface area contributed by atoms with Crippen LogP contribution in [0.1, 0.15) is 5.69 Å². The molecule has 0 aliphatic rings. The Morgan fingerprint density at radius 2 is 2.19 bits per heavy atom. The standard InChI is InChI=1S/C12H9ClN6O2/c13-8-5-10(19(20)21)12(15-6-8)16-7-9-1-3-14-11-2-4-17-18(9)11/h1-6H,7H2,(H,15,16). The molecule has 0 saturated carbocycles. The van der Waals surface area contributed by atoms with E-state index in [0.29, 0.717) is 12.2 Å². The first kappa shape index (κ1) is 13.3. The highest BCUT2D eigenvalue weighted by Crippen LogP contribution is 2.25. The highest BCUT2D eigenvalue weighted by atomic mass is 35.5. The molecule has 0 aliphatic heterocycles. The monoisotopic (exact) mass is 304 g/mol. The summed E-state index contributed by atoms with van der Waals surface area (Å²) in [7, 11) is 0. The third-order valence-electron chi connectivity index (χ3n) is 2.84. The van der Waals surface area contributed by atoms with Crippen LogP contribution in [0.15, 0.2) is 36.8 Å². The van der Waals surface area contributed by atoms with E-state index in [9.17, 15) is 10.1 Å². The first-order valence-electron chi connectivity index (χ1n) is 5.96. The van der Waals surface area contributed by atoms with Crippen molar-refractivity contribution in [2.75, 3.05) is 5.32 Å². The zero-order valence-corrected chi connectivity index (χ0v) is 11.4. The minimum Gasteiger partial charge on any atom is -0.359 e. The van der Waals surface area contributed by atoms with Crippen LogP contribution in [-0.2, 0) is 6.54 Å². The van der Waals surface area contributed by atoms with Crippen molar-refractivity contribution in [1.82, 2.24) is 19.6 Å². The lowest BCUT2D eigenvalue weighted by Crippen LogP contribution is -2.09. The number of fused-ring (bicyclic) bond motifs is 1. The van der Waals surface area contributed by atoms with Gasteiger partial charge in [0.25, 0.3) is 0 Å². The van der Waals surface area contributed by atoms with Crippen LogP contribution in [0, 0.1) is 10.1 Å². The third kappa shape index (κ3) is 2.61. The first-order chi connectivity index (χ1) is 10.1. The van der Waals surface area contributed by atoms with Gasteiger partial charge in [0.05, 0.1) is 28.4 Å². The van der Waals surface area contributed by atoms with Gasteiger partial charge in [0.15, 0.2) is 5.65 Å². The zero-order valence-electron chi connectivity index (χ0n) is 10.6. The Kier molecular flexibility index (Phi) is 3.36. The number of anilines is 1. The molecule has 0 amide bonds. The lowest BCUT2D eigenvalue weighted by atomic mass is 10.3. The van der Waals surface area contributed by atoms with Crippen LogP contribution in [0.5, 0.6) is 0 Å². The molecule has 1 N–H and O–H groups in total. The Morgan fingerprint density at radius 3 is 3.00 bits per heavy atom. The summed E-state index contributed by atoms with van der Waals surface area (Å²) in [5, 5.41) is 18.3. The van der Waals surface area contributed by atoms with Crippen LogP contribution in [-0.4, -0.2) is 24.5 Å². The molecule has 0 aromatic carbocycles. The number of rotatable bonds is 4. The Balaban J connectivity index is 1.88. The van der Waals surface area contributed by atoms with E-state index in [-0.39, 0.29) is 16.5 Å². The summed E-state index contributed by atoms with van der Waals surface area (Å²) >= 11 is 5.72. The first-order valence-corrected chi connectivity index (χ1v) is 6.34. The van der Waals surface area contributed by atoms with Crippen LogP contribution in [0.25, 0.3) is 5.65 Å². The second kappa shape index (κ2) is 5.33. The van der Waals surface area contributed by atoms with Gasteiger partial charge in [-0.25, -0.2) is 14.5 Å². The lowest BCUT2D eigenvalue weighted by Gasteiger charge is -2.07. The highest BCUT2D eigenvalue weighted by molar-refractivity contribution is 6.30. The number of hydrogen-bond donors (Lipinski definition) is 1. The molecule has 0 radical (unpaired) electrons. The molecule has 0 aliphatic carbocycles. The van der Waals surface area contributed by atoms with Crippen LogP contribution in [0.4, 0.5) is 11.5 Å². The fourth-order valence-corrected chi connectivity index (χ4v) is 2.05. The van der Waals surface area contributed by atoms with Crippen molar-refractivity contribution < 1.29 is 4.92 Å². The normalized spacial score (nSPS) is 10.7. The van der Waals surface area contributed by atoms with Crippen molar-refractivity contribution in [3.8, 4) is 0 Å². The summed E-state index contributed by atoms with van der Waals surface area (Å²) in [6, 6.07) is 4.80. The Bertz CT molecular complexity index is 818. The molecule has 3 rings (SSSR count). The number of nitrogens with one attached hydrogen (secondary N) is 1. The van der Waals surface area contributed by atoms with E-state index in [1.807, 2.05) is 0 Å². The maximum atomic E-state index is 11.0. The molecule has 21 heavy (non-hydrogen) atoms. The van der Waals surface area contributed by atoms with Crippen molar-refractivity contribution >= 4 is 28.8 Å². The lowest BCUT2D eigenvalue weighted by molar-refractivity contribution is -0.384. The molecule has 0 bridgehead atoms. The number of hydrogen-bond acceptors (Lipinski definition) is 6. The molecule has 0 atom stereocenters. The molecule has 0 spiro atoms. The molecular formula is C12H9ClN6O2. The van der Waals surface area contributed by atoms with Crippen LogP contribution in [0.3, 0.4) is 0 Å². The predicted octanol–water partition coefficient (Wildman–Crippen LogP) is 2.30. The van der Waals surface area contributed by atoms with E-state index >= 15 is 0 Å². The molecule has 3 aromatic heterocycles. The van der Waals surface area contributed by atoms with Gasteiger partial charge in [0.1, 0.15) is 0 Å². The number of nitrogens with zero attached hydrogens (tertiary/aromatic N) is 5. The molecule has 8 nitrogen and oxygen atoms in total. The summed E-state index contributed by atoms with van der Waals surface area (Å²) < 4.78 is 1.65. The van der Waals surface area contributed by atoms with E-state index in [1.165, 1.54) is 12.3 Å². The van der Waals surface area contributed by atoms with E-state index in [1.54, 1.807) is 29.0 Å². The fraction of sp³-hybridized carbons (Fsp3) is 0.0833. The molecule has 106 valence electrons. The van der Waals surface area contributed by atoms with Gasteiger partial charge >= 0.3 is 5.69 Å². The molecule has 0 fully saturated rings. The number of aromatic nitrogens is 4. The molecule has 0 unspecified atom stereocenters. The van der Waals surface area contributed by atoms with Crippen LogP contribution < -0.4 is 5.32 Å². The minimum absolute atomic E-state index is 0.154. The zero-order chi connectivity index (χ0) is 14.8. The van der Waals surface area contributed by atoms with E-state index < -0.39 is 4.92 Å². The molecule has 3 heterocycles. The quantitative estimate of drug-likeness (QED) is 0.586. The Hall–Kier alpha value is -2.74. The minimum atomic E-state index is -0.530. The van der Waals surface area contributed by atoms with Gasteiger partial charge in [-0.15, -0.1) is 0 Å². The van der Waals surface area contributed by atoms with Crippen molar-refractivity contribution in [3.05, 3.63) is 57.6 Å². The Labute approximate surface area is 123 Å². The van der Waals surface area contributed by atoms with Gasteiger partial charge < -0.3 is 5.32 Å². The maximum absolute atomic E-state index is 11.0. The van der Waals surface area contributed by atoms with E-state index in [0.717, 1.165) is 5.69 Å².